The molecular formula is C5H3BrMgN2. The Labute approximate surface area is 76.5 Å². The molecule has 1 aromatic heterocycles. The molecule has 1 aromatic rings. The molecule has 0 aliphatic carbocycles. The fourth-order valence-corrected chi connectivity index (χ4v) is 0.810. The first kappa shape index (κ1) is 9.02. The monoisotopic (exact) mass is 194 g/mol. The normalized spacial score (nSPS) is 7.67. The molecule has 9 heavy (non-hydrogen) atoms. The van der Waals surface area contributed by atoms with Crippen molar-refractivity contribution in [3.05, 3.63) is 18.0 Å². The summed E-state index contributed by atoms with van der Waals surface area (Å²) in [4.78, 5) is 2.80. The Morgan fingerprint density at radius 3 is 2.56 bits per heavy atom. The quantitative estimate of drug-likeness (QED) is 0.433. The van der Waals surface area contributed by atoms with Crippen molar-refractivity contribution in [2.75, 3.05) is 0 Å². The Bertz CT molecular complexity index is 225. The number of rotatable bonds is 0. The molecule has 42 valence electrons. The maximum Gasteiger partial charge on any atom is -1.00 e. The van der Waals surface area contributed by atoms with Crippen LogP contribution in [0.1, 0.15) is 5.69 Å². The third-order valence-corrected chi connectivity index (χ3v) is 1.27. The van der Waals surface area contributed by atoms with Crippen molar-refractivity contribution in [1.82, 2.24) is 4.98 Å². The van der Waals surface area contributed by atoms with Crippen LogP contribution >= 0.6 is 0 Å². The van der Waals surface area contributed by atoms with Crippen LogP contribution in [0.5, 0.6) is 0 Å². The van der Waals surface area contributed by atoms with E-state index in [-0.39, 0.29) is 17.0 Å². The van der Waals surface area contributed by atoms with Gasteiger partial charge < -0.3 is 17.0 Å². The third kappa shape index (κ3) is 2.39. The summed E-state index contributed by atoms with van der Waals surface area (Å²) in [6.45, 7) is 0. The molecule has 0 fully saturated rings. The van der Waals surface area contributed by atoms with Gasteiger partial charge in [-0.2, -0.15) is 0 Å². The Balaban J connectivity index is 0.000000640. The van der Waals surface area contributed by atoms with E-state index in [9.17, 15) is 0 Å². The smallest absolute Gasteiger partial charge is 1.00 e. The van der Waals surface area contributed by atoms with Crippen LogP contribution in [0, 0.1) is 11.3 Å². The molecule has 0 saturated carbocycles. The fourth-order valence-electron chi connectivity index (χ4n) is 0.504. The molecule has 0 aromatic carbocycles. The molecule has 0 atom stereocenters. The molecule has 4 heteroatoms. The van der Waals surface area contributed by atoms with Gasteiger partial charge in [0.2, 0.25) is 0 Å². The Kier molecular flexibility index (Phi) is 3.94. The molecule has 0 saturated heterocycles. The van der Waals surface area contributed by atoms with Gasteiger partial charge in [-0.25, -0.2) is 0 Å². The van der Waals surface area contributed by atoms with Crippen molar-refractivity contribution in [3.63, 3.8) is 0 Å². The minimum Gasteiger partial charge on any atom is -1.00 e. The van der Waals surface area contributed by atoms with Gasteiger partial charge in [0.15, 0.2) is 0 Å². The molecule has 2 nitrogen and oxygen atoms in total. The zero-order chi connectivity index (χ0) is 5.98. The third-order valence-electron chi connectivity index (χ3n) is 0.863. The van der Waals surface area contributed by atoms with Gasteiger partial charge in [0.1, 0.15) is 0 Å². The van der Waals surface area contributed by atoms with E-state index in [1.807, 2.05) is 18.3 Å². The van der Waals surface area contributed by atoms with Gasteiger partial charge >= 0.3 is 59.7 Å². The van der Waals surface area contributed by atoms with E-state index in [0.29, 0.717) is 5.69 Å². The first-order valence-corrected chi connectivity index (χ1v) is 2.94. The van der Waals surface area contributed by atoms with E-state index in [4.69, 9.17) is 5.26 Å². The largest absolute Gasteiger partial charge is 1.00 e. The predicted octanol–water partition coefficient (Wildman–Crippen LogP) is -3.32. The van der Waals surface area contributed by atoms with Crippen molar-refractivity contribution in [2.24, 2.45) is 0 Å². The SMILES string of the molecule is N#Cc1c[c]([Mg+])c[nH]1.[Br-]. The van der Waals surface area contributed by atoms with E-state index in [2.05, 4.69) is 4.98 Å². The van der Waals surface area contributed by atoms with E-state index in [1.165, 1.54) is 0 Å². The number of hydrogen-bond donors (Lipinski definition) is 1. The first-order chi connectivity index (χ1) is 3.83. The fraction of sp³-hybridized carbons (Fsp3) is 0. The second-order valence-corrected chi connectivity index (χ2v) is 2.35. The summed E-state index contributed by atoms with van der Waals surface area (Å²) in [6.07, 6.45) is 1.82. The minimum absolute atomic E-state index is 0. The van der Waals surface area contributed by atoms with Crippen LogP contribution in [0.15, 0.2) is 12.3 Å². The van der Waals surface area contributed by atoms with Crippen molar-refractivity contribution in [1.29, 1.82) is 5.26 Å². The van der Waals surface area contributed by atoms with Crippen LogP contribution in [0.2, 0.25) is 0 Å². The van der Waals surface area contributed by atoms with Gasteiger partial charge in [-0.15, -0.1) is 0 Å². The molecule has 1 heterocycles. The number of halogens is 1. The number of aromatic amines is 1. The second-order valence-electron chi connectivity index (χ2n) is 1.53. The Hall–Kier alpha value is 0.0162. The van der Waals surface area contributed by atoms with Gasteiger partial charge in [0, 0.05) is 0 Å². The Morgan fingerprint density at radius 2 is 2.33 bits per heavy atom. The van der Waals surface area contributed by atoms with Crippen LogP contribution < -0.4 is 20.7 Å². The average Bonchev–Trinajstić information content (AvgIpc) is 2.14. The van der Waals surface area contributed by atoms with Gasteiger partial charge in [-0.1, -0.05) is 0 Å². The topological polar surface area (TPSA) is 39.6 Å². The van der Waals surface area contributed by atoms with Crippen LogP contribution in [0.3, 0.4) is 0 Å². The summed E-state index contributed by atoms with van der Waals surface area (Å²) in [5.74, 6) is 0. The molecule has 0 spiro atoms. The van der Waals surface area contributed by atoms with Crippen molar-refractivity contribution in [2.45, 2.75) is 0 Å². The van der Waals surface area contributed by atoms with Gasteiger partial charge in [0.25, 0.3) is 0 Å². The average molecular weight is 195 g/mol. The number of aromatic nitrogens is 1. The van der Waals surface area contributed by atoms with Crippen LogP contribution in [0.4, 0.5) is 0 Å². The summed E-state index contributed by atoms with van der Waals surface area (Å²) in [7, 11) is 0. The summed E-state index contributed by atoms with van der Waals surface area (Å²) < 4.78 is 1.13. The molecule has 0 aliphatic rings. The van der Waals surface area contributed by atoms with Crippen molar-refractivity contribution in [3.8, 4) is 6.07 Å². The second kappa shape index (κ2) is 3.93. The molecule has 0 bridgehead atoms. The van der Waals surface area contributed by atoms with Crippen LogP contribution in [-0.4, -0.2) is 26.7 Å². The standard InChI is InChI=1S/C5H3N2.BrH.Mg/c6-4-5-2-1-3-7-5;;/h2-3,7H;1H;/q;;+1/p-1. The van der Waals surface area contributed by atoms with Gasteiger partial charge in [-0.05, 0) is 0 Å². The van der Waals surface area contributed by atoms with E-state index < -0.39 is 0 Å². The molecule has 1 rings (SSSR count). The predicted molar refractivity (Wildman–Crippen MR) is 30.9 cm³/mol. The summed E-state index contributed by atoms with van der Waals surface area (Å²) in [5, 5.41) is 8.27. The maximum absolute atomic E-state index is 8.27. The number of nitrogens with zero attached hydrogens (tertiary/aromatic N) is 1. The summed E-state index contributed by atoms with van der Waals surface area (Å²) in [6, 6.07) is 3.81. The van der Waals surface area contributed by atoms with E-state index >= 15 is 0 Å². The van der Waals surface area contributed by atoms with Crippen LogP contribution in [-0.2, 0) is 0 Å². The van der Waals surface area contributed by atoms with Crippen molar-refractivity contribution < 1.29 is 17.0 Å². The minimum atomic E-state index is 0. The first-order valence-electron chi connectivity index (χ1n) is 2.23. The Morgan fingerprint density at radius 1 is 1.67 bits per heavy atom. The van der Waals surface area contributed by atoms with Crippen LogP contribution in [0.25, 0.3) is 0 Å². The number of nitrogens with one attached hydrogen (secondary N) is 1. The van der Waals surface area contributed by atoms with Crippen molar-refractivity contribution >= 4 is 25.4 Å². The zero-order valence-corrected chi connectivity index (χ0v) is 7.69. The number of hydrogen-bond acceptors (Lipinski definition) is 1. The number of nitriles is 1. The molecular weight excluding hydrogens is 192 g/mol. The summed E-state index contributed by atoms with van der Waals surface area (Å²) in [5.41, 5.74) is 0.634. The number of H-pyrrole nitrogens is 1. The zero-order valence-electron chi connectivity index (χ0n) is 4.69. The van der Waals surface area contributed by atoms with E-state index in [0.717, 1.165) is 3.69 Å². The summed E-state index contributed by atoms with van der Waals surface area (Å²) >= 11 is 1.76. The molecule has 0 unspecified atom stereocenters. The molecule has 0 radical (unpaired) electrons. The van der Waals surface area contributed by atoms with E-state index in [1.54, 1.807) is 21.7 Å². The molecule has 0 aliphatic heterocycles. The molecule has 0 amide bonds. The molecule has 1 N–H and O–H groups in total. The maximum atomic E-state index is 8.27. The van der Waals surface area contributed by atoms with Gasteiger partial charge in [0.05, 0.1) is 0 Å². The van der Waals surface area contributed by atoms with Gasteiger partial charge in [-0.3, -0.25) is 0 Å².